The number of methoxy groups -OCH3 is 1. The number of halogens is 2. The predicted octanol–water partition coefficient (Wildman–Crippen LogP) is 3.71. The van der Waals surface area contributed by atoms with Crippen LogP contribution in [0.1, 0.15) is 43.7 Å². The summed E-state index contributed by atoms with van der Waals surface area (Å²) in [6.07, 6.45) is 5.30. The smallest absolute Gasteiger partial charge is 0.137 e. The molecule has 1 aliphatic carbocycles. The molecule has 114 valence electrons. The maximum atomic E-state index is 10.4. The second-order valence-corrected chi connectivity index (χ2v) is 5.72. The summed E-state index contributed by atoms with van der Waals surface area (Å²) in [7, 11) is 1.58. The summed E-state index contributed by atoms with van der Waals surface area (Å²) in [6.45, 7) is 0. The summed E-state index contributed by atoms with van der Waals surface area (Å²) < 4.78 is 5.19. The van der Waals surface area contributed by atoms with Gasteiger partial charge in [0.25, 0.3) is 0 Å². The Morgan fingerprint density at radius 2 is 1.95 bits per heavy atom. The molecule has 2 atom stereocenters. The molecule has 0 heterocycles. The Morgan fingerprint density at radius 3 is 2.55 bits per heavy atom. The summed E-state index contributed by atoms with van der Waals surface area (Å²) in [5, 5.41) is 11.0. The highest BCUT2D eigenvalue weighted by Crippen LogP contribution is 2.33. The summed E-state index contributed by atoms with van der Waals surface area (Å²) in [5.41, 5.74) is 7.07. The van der Waals surface area contributed by atoms with E-state index in [0.29, 0.717) is 16.7 Å². The molecule has 0 bridgehead atoms. The number of ether oxygens (including phenoxy) is 1. The standard InChI is InChI=1S/C15H22ClNO2.ClH/c1-19-13-9-11(7-8-12(13)16)14(17)15(18)10-5-3-2-4-6-10;/h7-10,14-15,18H,2-6,17H2,1H3;1H/t14-,15+;/m1./s1. The van der Waals surface area contributed by atoms with Crippen LogP contribution in [-0.2, 0) is 0 Å². The Kier molecular flexibility index (Phi) is 7.10. The van der Waals surface area contributed by atoms with Gasteiger partial charge in [0.05, 0.1) is 24.3 Å². The Labute approximate surface area is 131 Å². The van der Waals surface area contributed by atoms with Crippen molar-refractivity contribution in [3.63, 3.8) is 0 Å². The Hall–Kier alpha value is -0.480. The van der Waals surface area contributed by atoms with Crippen molar-refractivity contribution in [3.05, 3.63) is 28.8 Å². The fraction of sp³-hybridized carbons (Fsp3) is 0.600. The topological polar surface area (TPSA) is 55.5 Å². The van der Waals surface area contributed by atoms with Gasteiger partial charge < -0.3 is 15.6 Å². The Bertz CT molecular complexity index is 422. The van der Waals surface area contributed by atoms with Crippen LogP contribution in [0.4, 0.5) is 0 Å². The number of hydrogen-bond donors (Lipinski definition) is 2. The van der Waals surface area contributed by atoms with E-state index in [4.69, 9.17) is 22.1 Å². The minimum Gasteiger partial charge on any atom is -0.495 e. The van der Waals surface area contributed by atoms with E-state index in [1.807, 2.05) is 12.1 Å². The molecular formula is C15H23Cl2NO2. The van der Waals surface area contributed by atoms with E-state index in [-0.39, 0.29) is 18.4 Å². The van der Waals surface area contributed by atoms with E-state index >= 15 is 0 Å². The van der Waals surface area contributed by atoms with Crippen LogP contribution in [0, 0.1) is 5.92 Å². The molecule has 3 N–H and O–H groups in total. The highest BCUT2D eigenvalue weighted by atomic mass is 35.5. The molecule has 1 aromatic carbocycles. The lowest BCUT2D eigenvalue weighted by Gasteiger charge is -2.30. The van der Waals surface area contributed by atoms with Gasteiger partial charge in [-0.2, -0.15) is 0 Å². The number of nitrogens with two attached hydrogens (primary N) is 1. The molecule has 0 aliphatic heterocycles. The zero-order chi connectivity index (χ0) is 13.8. The molecule has 0 spiro atoms. The first-order valence-electron chi connectivity index (χ1n) is 6.90. The molecule has 2 rings (SSSR count). The van der Waals surface area contributed by atoms with Crippen LogP contribution >= 0.6 is 24.0 Å². The lowest BCUT2D eigenvalue weighted by Crippen LogP contribution is -2.34. The summed E-state index contributed by atoms with van der Waals surface area (Å²) >= 11 is 6.00. The molecule has 0 saturated heterocycles. The largest absolute Gasteiger partial charge is 0.495 e. The van der Waals surface area contributed by atoms with Gasteiger partial charge in [-0.25, -0.2) is 0 Å². The van der Waals surface area contributed by atoms with Gasteiger partial charge in [-0.15, -0.1) is 12.4 Å². The fourth-order valence-electron chi connectivity index (χ4n) is 2.85. The van der Waals surface area contributed by atoms with Crippen molar-refractivity contribution in [2.45, 2.75) is 44.2 Å². The van der Waals surface area contributed by atoms with E-state index < -0.39 is 6.10 Å². The number of aliphatic hydroxyl groups is 1. The molecule has 1 aliphatic rings. The van der Waals surface area contributed by atoms with Crippen molar-refractivity contribution >= 4 is 24.0 Å². The molecule has 1 fully saturated rings. The van der Waals surface area contributed by atoms with Crippen molar-refractivity contribution in [2.24, 2.45) is 11.7 Å². The number of rotatable bonds is 4. The van der Waals surface area contributed by atoms with Crippen LogP contribution in [0.2, 0.25) is 5.02 Å². The van der Waals surface area contributed by atoms with Crippen LogP contribution in [-0.4, -0.2) is 18.3 Å². The second kappa shape index (κ2) is 8.08. The average molecular weight is 320 g/mol. The van der Waals surface area contributed by atoms with Gasteiger partial charge in [-0.3, -0.25) is 0 Å². The molecule has 0 aromatic heterocycles. The Morgan fingerprint density at radius 1 is 1.30 bits per heavy atom. The normalized spacial score (nSPS) is 19.0. The molecule has 0 amide bonds. The van der Waals surface area contributed by atoms with Gasteiger partial charge in [0.15, 0.2) is 0 Å². The van der Waals surface area contributed by atoms with Crippen molar-refractivity contribution in [2.75, 3.05) is 7.11 Å². The lowest BCUT2D eigenvalue weighted by molar-refractivity contribution is 0.0617. The maximum absolute atomic E-state index is 10.4. The highest BCUT2D eigenvalue weighted by molar-refractivity contribution is 6.32. The van der Waals surface area contributed by atoms with Gasteiger partial charge in [0, 0.05) is 0 Å². The molecule has 5 heteroatoms. The summed E-state index contributed by atoms with van der Waals surface area (Å²) in [5.74, 6) is 0.913. The Balaban J connectivity index is 0.00000200. The number of benzene rings is 1. The van der Waals surface area contributed by atoms with E-state index in [2.05, 4.69) is 0 Å². The van der Waals surface area contributed by atoms with Crippen molar-refractivity contribution in [1.82, 2.24) is 0 Å². The van der Waals surface area contributed by atoms with Crippen LogP contribution in [0.15, 0.2) is 18.2 Å². The third kappa shape index (κ3) is 4.01. The fourth-order valence-corrected chi connectivity index (χ4v) is 3.04. The summed E-state index contributed by atoms with van der Waals surface area (Å²) in [4.78, 5) is 0. The first-order chi connectivity index (χ1) is 9.13. The maximum Gasteiger partial charge on any atom is 0.137 e. The molecule has 20 heavy (non-hydrogen) atoms. The number of hydrogen-bond acceptors (Lipinski definition) is 3. The number of aliphatic hydroxyl groups excluding tert-OH is 1. The zero-order valence-electron chi connectivity index (χ0n) is 11.7. The third-order valence-corrected chi connectivity index (χ3v) is 4.37. The van der Waals surface area contributed by atoms with Gasteiger partial charge >= 0.3 is 0 Å². The van der Waals surface area contributed by atoms with Crippen molar-refractivity contribution in [3.8, 4) is 5.75 Å². The lowest BCUT2D eigenvalue weighted by atomic mass is 9.81. The van der Waals surface area contributed by atoms with Gasteiger partial charge in [-0.1, -0.05) is 36.9 Å². The molecule has 1 aromatic rings. The molecule has 0 unspecified atom stereocenters. The zero-order valence-corrected chi connectivity index (χ0v) is 13.3. The minimum absolute atomic E-state index is 0. The van der Waals surface area contributed by atoms with E-state index in [1.165, 1.54) is 19.3 Å². The first kappa shape index (κ1) is 17.6. The predicted molar refractivity (Wildman–Crippen MR) is 84.8 cm³/mol. The van der Waals surface area contributed by atoms with Gasteiger partial charge in [0.1, 0.15) is 5.75 Å². The van der Waals surface area contributed by atoms with Gasteiger partial charge in [-0.05, 0) is 36.5 Å². The van der Waals surface area contributed by atoms with Crippen LogP contribution in [0.5, 0.6) is 5.75 Å². The highest BCUT2D eigenvalue weighted by Gasteiger charge is 2.27. The average Bonchev–Trinajstić information content (AvgIpc) is 2.47. The molecular weight excluding hydrogens is 297 g/mol. The van der Waals surface area contributed by atoms with Crippen LogP contribution in [0.25, 0.3) is 0 Å². The van der Waals surface area contributed by atoms with Crippen LogP contribution in [0.3, 0.4) is 0 Å². The SMILES string of the molecule is COc1cc([C@@H](N)[C@@H](O)C2CCCCC2)ccc1Cl.Cl. The third-order valence-electron chi connectivity index (χ3n) is 4.06. The molecule has 1 saturated carbocycles. The molecule has 3 nitrogen and oxygen atoms in total. The first-order valence-corrected chi connectivity index (χ1v) is 7.28. The second-order valence-electron chi connectivity index (χ2n) is 5.31. The van der Waals surface area contributed by atoms with E-state index in [0.717, 1.165) is 18.4 Å². The monoisotopic (exact) mass is 319 g/mol. The van der Waals surface area contributed by atoms with Crippen LogP contribution < -0.4 is 10.5 Å². The summed E-state index contributed by atoms with van der Waals surface area (Å²) in [6, 6.07) is 5.07. The van der Waals surface area contributed by atoms with E-state index in [1.54, 1.807) is 13.2 Å². The quantitative estimate of drug-likeness (QED) is 0.889. The van der Waals surface area contributed by atoms with E-state index in [9.17, 15) is 5.11 Å². The van der Waals surface area contributed by atoms with Crippen molar-refractivity contribution < 1.29 is 9.84 Å². The van der Waals surface area contributed by atoms with Crippen molar-refractivity contribution in [1.29, 1.82) is 0 Å². The minimum atomic E-state index is -0.494. The van der Waals surface area contributed by atoms with Gasteiger partial charge in [0.2, 0.25) is 0 Å². The molecule has 0 radical (unpaired) electrons.